The minimum Gasteiger partial charge on any atom is -0.379 e. The van der Waals surface area contributed by atoms with Gasteiger partial charge in [0.05, 0.1) is 23.8 Å². The Bertz CT molecular complexity index is 1170. The molecule has 5 nitrogen and oxygen atoms in total. The van der Waals surface area contributed by atoms with Gasteiger partial charge in [-0.1, -0.05) is 18.2 Å². The Kier molecular flexibility index (Phi) is 6.15. The van der Waals surface area contributed by atoms with Gasteiger partial charge in [0.15, 0.2) is 0 Å². The molecule has 1 aliphatic rings. The number of aryl methyl sites for hydroxylation is 1. The molecule has 1 amide bonds. The fourth-order valence-electron chi connectivity index (χ4n) is 3.63. The van der Waals surface area contributed by atoms with Gasteiger partial charge >= 0.3 is 0 Å². The van der Waals surface area contributed by atoms with Crippen LogP contribution >= 0.6 is 34.0 Å². The first kappa shape index (κ1) is 20.8. The summed E-state index contributed by atoms with van der Waals surface area (Å²) >= 11 is 5.02. The van der Waals surface area contributed by atoms with Crippen LogP contribution in [0, 0.1) is 6.92 Å². The van der Waals surface area contributed by atoms with Gasteiger partial charge in [0.25, 0.3) is 5.91 Å². The second kappa shape index (κ2) is 9.18. The minimum absolute atomic E-state index is 0.0317. The van der Waals surface area contributed by atoms with E-state index in [1.54, 1.807) is 11.3 Å². The molecule has 1 saturated heterocycles. The average molecular weight is 470 g/mol. The smallest absolute Gasteiger partial charge is 0.263 e. The van der Waals surface area contributed by atoms with Crippen LogP contribution in [0.1, 0.15) is 15.4 Å². The molecule has 0 radical (unpaired) electrons. The van der Waals surface area contributed by atoms with Gasteiger partial charge in [0, 0.05) is 40.6 Å². The summed E-state index contributed by atoms with van der Waals surface area (Å²) in [7, 11) is 0. The molecule has 0 saturated carbocycles. The van der Waals surface area contributed by atoms with Crippen molar-refractivity contribution in [3.8, 4) is 19.6 Å². The molecule has 3 aromatic heterocycles. The van der Waals surface area contributed by atoms with Crippen molar-refractivity contribution in [2.75, 3.05) is 39.4 Å². The summed E-state index contributed by atoms with van der Waals surface area (Å²) in [6, 6.07) is 15.0. The van der Waals surface area contributed by atoms with Crippen LogP contribution < -0.4 is 5.32 Å². The maximum atomic E-state index is 12.7. The molecule has 4 aromatic rings. The average Bonchev–Trinajstić information content (AvgIpc) is 3.52. The Morgan fingerprint density at radius 2 is 1.87 bits per heavy atom. The summed E-state index contributed by atoms with van der Waals surface area (Å²) in [5.41, 5.74) is 0.792. The summed E-state index contributed by atoms with van der Waals surface area (Å²) in [6.45, 7) is 6.81. The SMILES string of the molecule is Cc1nc(-c2ccc(-c3cc4ccccc4s3)s2)sc1C(=O)NCCN1CCOCC1. The monoisotopic (exact) mass is 469 g/mol. The van der Waals surface area contributed by atoms with Gasteiger partial charge in [-0.3, -0.25) is 9.69 Å². The van der Waals surface area contributed by atoms with Crippen molar-refractivity contribution in [3.63, 3.8) is 0 Å². The molecule has 31 heavy (non-hydrogen) atoms. The molecular formula is C23H23N3O2S3. The van der Waals surface area contributed by atoms with E-state index in [4.69, 9.17) is 9.72 Å². The van der Waals surface area contributed by atoms with Gasteiger partial charge in [-0.15, -0.1) is 34.0 Å². The Labute approximate surface area is 193 Å². The van der Waals surface area contributed by atoms with Crippen molar-refractivity contribution in [3.05, 3.63) is 53.0 Å². The Hall–Kier alpha value is -2.10. The van der Waals surface area contributed by atoms with Crippen LogP contribution in [0.25, 0.3) is 29.7 Å². The standard InChI is InChI=1S/C23H23N3O2S3/c1-15-21(22(27)24-8-9-26-10-12-28-13-11-26)31-23(25-15)19-7-6-18(30-19)20-14-16-4-2-3-5-17(16)29-20/h2-7,14H,8-13H2,1H3,(H,24,27). The van der Waals surface area contributed by atoms with E-state index in [-0.39, 0.29) is 5.91 Å². The van der Waals surface area contributed by atoms with Crippen LogP contribution in [-0.4, -0.2) is 55.2 Å². The number of thiophene rings is 2. The molecule has 5 rings (SSSR count). The fourth-order valence-corrected chi connectivity index (χ4v) is 6.82. The van der Waals surface area contributed by atoms with Crippen molar-refractivity contribution in [2.24, 2.45) is 0 Å². The lowest BCUT2D eigenvalue weighted by atomic mass is 10.2. The predicted octanol–water partition coefficient (Wildman–Crippen LogP) is 5.12. The Morgan fingerprint density at radius 1 is 1.06 bits per heavy atom. The molecule has 8 heteroatoms. The topological polar surface area (TPSA) is 54.5 Å². The van der Waals surface area contributed by atoms with E-state index in [0.29, 0.717) is 11.4 Å². The zero-order valence-corrected chi connectivity index (χ0v) is 19.7. The van der Waals surface area contributed by atoms with Crippen LogP contribution in [0.2, 0.25) is 0 Å². The summed E-state index contributed by atoms with van der Waals surface area (Å²) in [5, 5.41) is 5.24. The molecule has 1 fully saturated rings. The molecule has 0 atom stereocenters. The molecule has 0 unspecified atom stereocenters. The van der Waals surface area contributed by atoms with E-state index in [9.17, 15) is 4.79 Å². The number of hydrogen-bond donors (Lipinski definition) is 1. The van der Waals surface area contributed by atoms with Crippen molar-refractivity contribution >= 4 is 50.0 Å². The number of fused-ring (bicyclic) bond motifs is 1. The van der Waals surface area contributed by atoms with Crippen LogP contribution in [-0.2, 0) is 4.74 Å². The summed E-state index contributed by atoms with van der Waals surface area (Å²) in [5.74, 6) is -0.0317. The molecule has 1 N–H and O–H groups in total. The van der Waals surface area contributed by atoms with Crippen LogP contribution in [0.4, 0.5) is 0 Å². The highest BCUT2D eigenvalue weighted by molar-refractivity contribution is 7.28. The zero-order valence-electron chi connectivity index (χ0n) is 17.2. The highest BCUT2D eigenvalue weighted by Crippen LogP contribution is 2.41. The number of nitrogens with one attached hydrogen (secondary N) is 1. The summed E-state index contributed by atoms with van der Waals surface area (Å²) < 4.78 is 6.67. The second-order valence-corrected chi connectivity index (χ2v) is 10.6. The number of morpholine rings is 1. The number of carbonyl (C=O) groups is 1. The quantitative estimate of drug-likeness (QED) is 0.426. The molecule has 0 bridgehead atoms. The van der Waals surface area contributed by atoms with Gasteiger partial charge in [-0.2, -0.15) is 0 Å². The normalized spacial score (nSPS) is 14.9. The first-order chi connectivity index (χ1) is 15.2. The number of nitrogens with zero attached hydrogens (tertiary/aromatic N) is 2. The highest BCUT2D eigenvalue weighted by Gasteiger charge is 2.18. The number of thiazole rings is 1. The maximum Gasteiger partial charge on any atom is 0.263 e. The van der Waals surface area contributed by atoms with Crippen LogP contribution in [0.3, 0.4) is 0 Å². The molecule has 1 aliphatic heterocycles. The number of carbonyl (C=O) groups excluding carboxylic acids is 1. The third kappa shape index (κ3) is 4.58. The van der Waals surface area contributed by atoms with Gasteiger partial charge in [-0.25, -0.2) is 4.98 Å². The molecular weight excluding hydrogens is 446 g/mol. The maximum absolute atomic E-state index is 12.7. The van der Waals surface area contributed by atoms with Crippen molar-refractivity contribution in [1.82, 2.24) is 15.2 Å². The Balaban J connectivity index is 1.27. The lowest BCUT2D eigenvalue weighted by Gasteiger charge is -2.26. The van der Waals surface area contributed by atoms with E-state index < -0.39 is 0 Å². The fraction of sp³-hybridized carbons (Fsp3) is 0.304. The van der Waals surface area contributed by atoms with Gasteiger partial charge < -0.3 is 10.1 Å². The van der Waals surface area contributed by atoms with E-state index in [1.165, 1.54) is 31.2 Å². The first-order valence-corrected chi connectivity index (χ1v) is 12.8. The largest absolute Gasteiger partial charge is 0.379 e. The van der Waals surface area contributed by atoms with Crippen molar-refractivity contribution in [1.29, 1.82) is 0 Å². The molecule has 0 aliphatic carbocycles. The molecule has 160 valence electrons. The van der Waals surface area contributed by atoms with Gasteiger partial charge in [0.1, 0.15) is 9.88 Å². The number of hydrogen-bond acceptors (Lipinski definition) is 7. The number of rotatable bonds is 6. The lowest BCUT2D eigenvalue weighted by molar-refractivity contribution is 0.0383. The summed E-state index contributed by atoms with van der Waals surface area (Å²) in [6.07, 6.45) is 0. The third-order valence-electron chi connectivity index (χ3n) is 5.31. The van der Waals surface area contributed by atoms with Gasteiger partial charge in [0.2, 0.25) is 0 Å². The molecule has 4 heterocycles. The summed E-state index contributed by atoms with van der Waals surface area (Å²) in [4.78, 5) is 24.0. The predicted molar refractivity (Wildman–Crippen MR) is 131 cm³/mol. The first-order valence-electron chi connectivity index (χ1n) is 10.3. The van der Waals surface area contributed by atoms with E-state index in [0.717, 1.165) is 48.4 Å². The van der Waals surface area contributed by atoms with E-state index in [2.05, 4.69) is 52.7 Å². The number of aromatic nitrogens is 1. The minimum atomic E-state index is -0.0317. The highest BCUT2D eigenvalue weighted by atomic mass is 32.1. The molecule has 0 spiro atoms. The van der Waals surface area contributed by atoms with Crippen molar-refractivity contribution < 1.29 is 9.53 Å². The number of ether oxygens (including phenoxy) is 1. The Morgan fingerprint density at radius 3 is 2.71 bits per heavy atom. The van der Waals surface area contributed by atoms with E-state index in [1.807, 2.05) is 18.3 Å². The zero-order chi connectivity index (χ0) is 21.2. The van der Waals surface area contributed by atoms with E-state index >= 15 is 0 Å². The van der Waals surface area contributed by atoms with Crippen molar-refractivity contribution in [2.45, 2.75) is 6.92 Å². The third-order valence-corrected chi connectivity index (χ3v) is 9.03. The number of benzene rings is 1. The van der Waals surface area contributed by atoms with Crippen LogP contribution in [0.5, 0.6) is 0 Å². The van der Waals surface area contributed by atoms with Crippen LogP contribution in [0.15, 0.2) is 42.5 Å². The lowest BCUT2D eigenvalue weighted by Crippen LogP contribution is -2.41. The number of amides is 1. The second-order valence-electron chi connectivity index (χ2n) is 7.46. The molecule has 1 aromatic carbocycles. The van der Waals surface area contributed by atoms with Gasteiger partial charge in [-0.05, 0) is 36.6 Å².